The van der Waals surface area contributed by atoms with Crippen LogP contribution >= 0.6 is 0 Å². The predicted octanol–water partition coefficient (Wildman–Crippen LogP) is 0.264. The zero-order valence-corrected chi connectivity index (χ0v) is 8.88. The Balaban J connectivity index is 2.00. The van der Waals surface area contributed by atoms with Crippen molar-refractivity contribution in [2.75, 3.05) is 32.7 Å². The van der Waals surface area contributed by atoms with E-state index in [-0.39, 0.29) is 12.1 Å². The van der Waals surface area contributed by atoms with E-state index in [1.165, 1.54) is 0 Å². The maximum Gasteiger partial charge on any atom is 0.250 e. The predicted molar refractivity (Wildman–Crippen MR) is 55.0 cm³/mol. The third-order valence-electron chi connectivity index (χ3n) is 3.90. The van der Waals surface area contributed by atoms with Gasteiger partial charge in [0, 0.05) is 18.6 Å². The molecule has 0 aliphatic carbocycles. The first-order valence-corrected chi connectivity index (χ1v) is 5.62. The molecule has 0 aromatic carbocycles. The van der Waals surface area contributed by atoms with Gasteiger partial charge in [-0.3, -0.25) is 0 Å². The Hall–Kier alpha value is -0.260. The number of nitrogens with one attached hydrogen (secondary N) is 1. The number of hydrogen-bond donors (Lipinski definition) is 2. The number of hydrogen-bond acceptors (Lipinski definition) is 3. The van der Waals surface area contributed by atoms with Crippen molar-refractivity contribution < 1.29 is 8.78 Å². The van der Waals surface area contributed by atoms with Crippen LogP contribution in [0.4, 0.5) is 8.78 Å². The zero-order valence-electron chi connectivity index (χ0n) is 8.88. The second-order valence-electron chi connectivity index (χ2n) is 4.67. The van der Waals surface area contributed by atoms with Gasteiger partial charge in [0.1, 0.15) is 0 Å². The Morgan fingerprint density at radius 2 is 2.27 bits per heavy atom. The highest BCUT2D eigenvalue weighted by Crippen LogP contribution is 2.34. The highest BCUT2D eigenvalue weighted by atomic mass is 19.3. The molecule has 2 rings (SSSR count). The first-order valence-electron chi connectivity index (χ1n) is 5.62. The standard InChI is InChI=1S/C10H19F2N3/c11-9(12)5-14-10(7-13)2-4-15-3-1-8(10)6-15/h8-9,14H,1-7,13H2. The molecule has 3 nitrogen and oxygen atoms in total. The largest absolute Gasteiger partial charge is 0.329 e. The van der Waals surface area contributed by atoms with Crippen molar-refractivity contribution in [3.05, 3.63) is 0 Å². The quantitative estimate of drug-likeness (QED) is 0.713. The molecular weight excluding hydrogens is 200 g/mol. The van der Waals surface area contributed by atoms with Crippen molar-refractivity contribution in [1.82, 2.24) is 10.2 Å². The molecule has 15 heavy (non-hydrogen) atoms. The molecule has 5 heteroatoms. The van der Waals surface area contributed by atoms with Crippen LogP contribution in [0.25, 0.3) is 0 Å². The molecule has 0 saturated carbocycles. The first kappa shape index (κ1) is 11.2. The SMILES string of the molecule is NCC1(NCC(F)F)CCN2CCC1C2. The summed E-state index contributed by atoms with van der Waals surface area (Å²) >= 11 is 0. The average molecular weight is 219 g/mol. The molecule has 3 N–H and O–H groups in total. The molecule has 2 heterocycles. The average Bonchev–Trinajstić information content (AvgIpc) is 2.63. The fourth-order valence-corrected chi connectivity index (χ4v) is 2.90. The van der Waals surface area contributed by atoms with E-state index >= 15 is 0 Å². The molecule has 2 aliphatic rings. The topological polar surface area (TPSA) is 41.3 Å². The second kappa shape index (κ2) is 4.31. The lowest BCUT2D eigenvalue weighted by Crippen LogP contribution is -2.61. The van der Waals surface area contributed by atoms with Crippen LogP contribution in [-0.4, -0.2) is 49.6 Å². The van der Waals surface area contributed by atoms with Crippen molar-refractivity contribution in [3.63, 3.8) is 0 Å². The fourth-order valence-electron chi connectivity index (χ4n) is 2.90. The van der Waals surface area contributed by atoms with Gasteiger partial charge >= 0.3 is 0 Å². The van der Waals surface area contributed by atoms with Crippen LogP contribution in [0.5, 0.6) is 0 Å². The van der Waals surface area contributed by atoms with Crippen LogP contribution in [0, 0.1) is 5.92 Å². The molecule has 0 aromatic rings. The second-order valence-corrected chi connectivity index (χ2v) is 4.67. The van der Waals surface area contributed by atoms with Crippen molar-refractivity contribution >= 4 is 0 Å². The van der Waals surface area contributed by atoms with E-state index in [1.807, 2.05) is 0 Å². The lowest BCUT2D eigenvalue weighted by Gasteiger charge is -2.43. The number of nitrogens with two attached hydrogens (primary N) is 1. The summed E-state index contributed by atoms with van der Waals surface area (Å²) in [6.07, 6.45) is -0.290. The van der Waals surface area contributed by atoms with Crippen LogP contribution in [0.2, 0.25) is 0 Å². The van der Waals surface area contributed by atoms with Crippen LogP contribution in [0.3, 0.4) is 0 Å². The Labute approximate surface area is 89.0 Å². The number of alkyl halides is 2. The van der Waals surface area contributed by atoms with E-state index in [0.29, 0.717) is 12.5 Å². The zero-order chi connectivity index (χ0) is 10.9. The molecule has 2 bridgehead atoms. The van der Waals surface area contributed by atoms with Gasteiger partial charge in [0.25, 0.3) is 6.43 Å². The molecule has 3 atom stereocenters. The summed E-state index contributed by atoms with van der Waals surface area (Å²) < 4.78 is 24.4. The first-order chi connectivity index (χ1) is 7.16. The molecule has 0 spiro atoms. The molecule has 3 unspecified atom stereocenters. The van der Waals surface area contributed by atoms with Crippen LogP contribution in [0.15, 0.2) is 0 Å². The molecule has 0 aromatic heterocycles. The van der Waals surface area contributed by atoms with Gasteiger partial charge in [-0.15, -0.1) is 0 Å². The highest BCUT2D eigenvalue weighted by Gasteiger charge is 2.45. The van der Waals surface area contributed by atoms with Gasteiger partial charge in [0.15, 0.2) is 0 Å². The van der Waals surface area contributed by atoms with Gasteiger partial charge in [0.05, 0.1) is 6.54 Å². The van der Waals surface area contributed by atoms with Crippen LogP contribution < -0.4 is 11.1 Å². The van der Waals surface area contributed by atoms with Crippen molar-refractivity contribution in [2.45, 2.75) is 24.8 Å². The number of nitrogens with zero attached hydrogens (tertiary/aromatic N) is 1. The van der Waals surface area contributed by atoms with Gasteiger partial charge in [-0.1, -0.05) is 0 Å². The third-order valence-corrected chi connectivity index (χ3v) is 3.90. The van der Waals surface area contributed by atoms with Gasteiger partial charge in [-0.05, 0) is 31.8 Å². The van der Waals surface area contributed by atoms with Gasteiger partial charge in [0.2, 0.25) is 0 Å². The summed E-state index contributed by atoms with van der Waals surface area (Å²) in [5.41, 5.74) is 5.55. The maximum absolute atomic E-state index is 12.2. The minimum atomic E-state index is -2.28. The van der Waals surface area contributed by atoms with E-state index in [2.05, 4.69) is 10.2 Å². The van der Waals surface area contributed by atoms with Crippen LogP contribution in [-0.2, 0) is 0 Å². The summed E-state index contributed by atoms with van der Waals surface area (Å²) in [6, 6.07) is 0. The Morgan fingerprint density at radius 3 is 2.93 bits per heavy atom. The Kier molecular flexibility index (Phi) is 3.23. The summed E-state index contributed by atoms with van der Waals surface area (Å²) in [6.45, 7) is 3.35. The Morgan fingerprint density at radius 1 is 1.47 bits per heavy atom. The number of fused-ring (bicyclic) bond motifs is 2. The molecule has 2 fully saturated rings. The third kappa shape index (κ3) is 2.14. The molecule has 2 saturated heterocycles. The fraction of sp³-hybridized carbons (Fsp3) is 1.00. The molecule has 2 aliphatic heterocycles. The molecule has 88 valence electrons. The maximum atomic E-state index is 12.2. The lowest BCUT2D eigenvalue weighted by molar-refractivity contribution is 0.0908. The lowest BCUT2D eigenvalue weighted by atomic mass is 9.79. The summed E-state index contributed by atoms with van der Waals surface area (Å²) in [4.78, 5) is 2.39. The van der Waals surface area contributed by atoms with E-state index < -0.39 is 6.43 Å². The van der Waals surface area contributed by atoms with Gasteiger partial charge < -0.3 is 16.0 Å². The van der Waals surface area contributed by atoms with Crippen molar-refractivity contribution in [1.29, 1.82) is 0 Å². The molecular formula is C10H19F2N3. The number of halogens is 2. The van der Waals surface area contributed by atoms with Gasteiger partial charge in [-0.25, -0.2) is 8.78 Å². The summed E-state index contributed by atoms with van der Waals surface area (Å²) in [7, 11) is 0. The number of piperidine rings is 1. The molecule has 0 radical (unpaired) electrons. The smallest absolute Gasteiger partial charge is 0.250 e. The molecule has 0 amide bonds. The minimum absolute atomic E-state index is 0.228. The van der Waals surface area contributed by atoms with E-state index in [1.54, 1.807) is 0 Å². The van der Waals surface area contributed by atoms with Gasteiger partial charge in [-0.2, -0.15) is 0 Å². The number of rotatable bonds is 4. The summed E-state index contributed by atoms with van der Waals surface area (Å²) in [5.74, 6) is 0.454. The van der Waals surface area contributed by atoms with Crippen molar-refractivity contribution in [2.24, 2.45) is 11.7 Å². The van der Waals surface area contributed by atoms with Crippen LogP contribution in [0.1, 0.15) is 12.8 Å². The van der Waals surface area contributed by atoms with E-state index in [9.17, 15) is 8.78 Å². The normalized spacial score (nSPS) is 40.0. The highest BCUT2D eigenvalue weighted by molar-refractivity contribution is 5.03. The summed E-state index contributed by atoms with van der Waals surface area (Å²) in [5, 5.41) is 3.01. The van der Waals surface area contributed by atoms with Crippen molar-refractivity contribution in [3.8, 4) is 0 Å². The Bertz CT molecular complexity index is 225. The van der Waals surface area contributed by atoms with E-state index in [0.717, 1.165) is 32.5 Å². The van der Waals surface area contributed by atoms with E-state index in [4.69, 9.17) is 5.73 Å². The minimum Gasteiger partial charge on any atom is -0.329 e. The monoisotopic (exact) mass is 219 g/mol.